The number of alkyl carbamates (subject to hydrolysis) is 1. The lowest BCUT2D eigenvalue weighted by atomic mass is 9.91. The molecule has 1 atom stereocenters. The summed E-state index contributed by atoms with van der Waals surface area (Å²) in [6.45, 7) is 4.23. The van der Waals surface area contributed by atoms with Crippen molar-refractivity contribution in [2.75, 3.05) is 6.61 Å². The molecule has 0 spiro atoms. The Morgan fingerprint density at radius 2 is 2.00 bits per heavy atom. The molecule has 112 valence electrons. The Morgan fingerprint density at radius 1 is 1.30 bits per heavy atom. The minimum atomic E-state index is -0.566. The van der Waals surface area contributed by atoms with Gasteiger partial charge in [0.25, 0.3) is 0 Å². The van der Waals surface area contributed by atoms with Gasteiger partial charge in [-0.1, -0.05) is 57.0 Å². The van der Waals surface area contributed by atoms with Crippen LogP contribution in [0.25, 0.3) is 0 Å². The van der Waals surface area contributed by atoms with E-state index >= 15 is 0 Å². The summed E-state index contributed by atoms with van der Waals surface area (Å²) >= 11 is 0. The second kappa shape index (κ2) is 8.59. The number of carbonyl (C=O) groups excluding carboxylic acids is 1. The molecule has 0 aromatic heterocycles. The topological polar surface area (TPSA) is 58.6 Å². The summed E-state index contributed by atoms with van der Waals surface area (Å²) < 4.78 is 5.21. The Balaban J connectivity index is 2.49. The third-order valence-corrected chi connectivity index (χ3v) is 3.57. The third-order valence-electron chi connectivity index (χ3n) is 3.57. The Kier molecular flexibility index (Phi) is 7.09. The van der Waals surface area contributed by atoms with Crippen LogP contribution in [0.3, 0.4) is 0 Å². The number of aliphatic hydroxyl groups excluding tert-OH is 1. The second-order valence-electron chi connectivity index (χ2n) is 5.08. The van der Waals surface area contributed by atoms with Crippen LogP contribution in [0.2, 0.25) is 0 Å². The predicted octanol–water partition coefficient (Wildman–Crippen LogP) is 3.24. The SMILES string of the molecule is CCCC[C@](CC)(CO)NC(=O)OCc1ccccc1. The average Bonchev–Trinajstić information content (AvgIpc) is 2.50. The molecule has 1 amide bonds. The molecule has 1 rings (SSSR count). The molecule has 2 N–H and O–H groups in total. The van der Waals surface area contributed by atoms with Gasteiger partial charge >= 0.3 is 6.09 Å². The first-order valence-corrected chi connectivity index (χ1v) is 7.25. The zero-order valence-electron chi connectivity index (χ0n) is 12.4. The summed E-state index contributed by atoms with van der Waals surface area (Å²) in [7, 11) is 0. The first kappa shape index (κ1) is 16.5. The molecule has 0 heterocycles. The van der Waals surface area contributed by atoms with E-state index in [-0.39, 0.29) is 13.2 Å². The molecule has 0 aliphatic heterocycles. The van der Waals surface area contributed by atoms with E-state index in [1.165, 1.54) is 0 Å². The molecule has 4 heteroatoms. The maximum Gasteiger partial charge on any atom is 0.407 e. The van der Waals surface area contributed by atoms with Crippen LogP contribution < -0.4 is 5.32 Å². The van der Waals surface area contributed by atoms with Gasteiger partial charge in [-0.05, 0) is 18.4 Å². The summed E-state index contributed by atoms with van der Waals surface area (Å²) in [5.41, 5.74) is 0.381. The van der Waals surface area contributed by atoms with Crippen molar-refractivity contribution in [1.29, 1.82) is 0 Å². The lowest BCUT2D eigenvalue weighted by Crippen LogP contribution is -2.51. The Hall–Kier alpha value is -1.55. The van der Waals surface area contributed by atoms with E-state index in [1.807, 2.05) is 37.3 Å². The fourth-order valence-electron chi connectivity index (χ4n) is 2.05. The largest absolute Gasteiger partial charge is 0.445 e. The van der Waals surface area contributed by atoms with Crippen LogP contribution in [0.5, 0.6) is 0 Å². The molecule has 0 aliphatic rings. The highest BCUT2D eigenvalue weighted by Crippen LogP contribution is 2.18. The van der Waals surface area contributed by atoms with Gasteiger partial charge in [-0.2, -0.15) is 0 Å². The van der Waals surface area contributed by atoms with Crippen LogP contribution in [0.15, 0.2) is 30.3 Å². The molecule has 1 aromatic carbocycles. The lowest BCUT2D eigenvalue weighted by Gasteiger charge is -2.31. The number of carbonyl (C=O) groups is 1. The molecular weight excluding hydrogens is 254 g/mol. The van der Waals surface area contributed by atoms with Crippen molar-refractivity contribution in [2.45, 2.75) is 51.7 Å². The predicted molar refractivity (Wildman–Crippen MR) is 79.4 cm³/mol. The molecule has 0 aliphatic carbocycles. The van der Waals surface area contributed by atoms with E-state index in [4.69, 9.17) is 4.74 Å². The van der Waals surface area contributed by atoms with Crippen LogP contribution >= 0.6 is 0 Å². The van der Waals surface area contributed by atoms with Crippen molar-refractivity contribution in [3.05, 3.63) is 35.9 Å². The van der Waals surface area contributed by atoms with E-state index in [0.717, 1.165) is 24.8 Å². The number of unbranched alkanes of at least 4 members (excludes halogenated alkanes) is 1. The Morgan fingerprint density at radius 3 is 2.55 bits per heavy atom. The van der Waals surface area contributed by atoms with Crippen molar-refractivity contribution in [2.24, 2.45) is 0 Å². The van der Waals surface area contributed by atoms with Gasteiger partial charge in [-0.25, -0.2) is 4.79 Å². The molecule has 0 radical (unpaired) electrons. The quantitative estimate of drug-likeness (QED) is 0.768. The maximum atomic E-state index is 11.9. The van der Waals surface area contributed by atoms with Crippen LogP contribution in [0.1, 0.15) is 45.1 Å². The minimum Gasteiger partial charge on any atom is -0.445 e. The molecule has 0 unspecified atom stereocenters. The summed E-state index contributed by atoms with van der Waals surface area (Å²) in [5.74, 6) is 0. The van der Waals surface area contributed by atoms with Crippen LogP contribution in [0, 0.1) is 0 Å². The highest BCUT2D eigenvalue weighted by Gasteiger charge is 2.29. The van der Waals surface area contributed by atoms with Gasteiger partial charge in [0, 0.05) is 0 Å². The van der Waals surface area contributed by atoms with Gasteiger partial charge in [0.15, 0.2) is 0 Å². The first-order chi connectivity index (χ1) is 9.65. The van der Waals surface area contributed by atoms with Gasteiger partial charge in [-0.15, -0.1) is 0 Å². The van der Waals surface area contributed by atoms with Gasteiger partial charge in [0.05, 0.1) is 12.1 Å². The van der Waals surface area contributed by atoms with E-state index in [1.54, 1.807) is 0 Å². The molecule has 20 heavy (non-hydrogen) atoms. The monoisotopic (exact) mass is 279 g/mol. The maximum absolute atomic E-state index is 11.9. The number of rotatable bonds is 8. The van der Waals surface area contributed by atoms with Gasteiger partial charge in [-0.3, -0.25) is 0 Å². The molecule has 0 saturated carbocycles. The summed E-state index contributed by atoms with van der Waals surface area (Å²) in [6, 6.07) is 9.54. The number of hydrogen-bond donors (Lipinski definition) is 2. The zero-order valence-corrected chi connectivity index (χ0v) is 12.4. The number of aliphatic hydroxyl groups is 1. The van der Waals surface area contributed by atoms with Crippen molar-refractivity contribution in [1.82, 2.24) is 5.32 Å². The number of nitrogens with one attached hydrogen (secondary N) is 1. The van der Waals surface area contributed by atoms with Gasteiger partial charge < -0.3 is 15.2 Å². The van der Waals surface area contributed by atoms with Crippen molar-refractivity contribution in [3.63, 3.8) is 0 Å². The first-order valence-electron chi connectivity index (χ1n) is 7.25. The average molecular weight is 279 g/mol. The number of ether oxygens (including phenoxy) is 1. The lowest BCUT2D eigenvalue weighted by molar-refractivity contribution is 0.0995. The molecule has 0 saturated heterocycles. The molecule has 0 fully saturated rings. The van der Waals surface area contributed by atoms with Crippen molar-refractivity contribution >= 4 is 6.09 Å². The van der Waals surface area contributed by atoms with Crippen molar-refractivity contribution < 1.29 is 14.6 Å². The molecule has 1 aromatic rings. The zero-order chi connectivity index (χ0) is 14.8. The van der Waals surface area contributed by atoms with Crippen molar-refractivity contribution in [3.8, 4) is 0 Å². The summed E-state index contributed by atoms with van der Waals surface area (Å²) in [4.78, 5) is 11.9. The van der Waals surface area contributed by atoms with Crippen LogP contribution in [0.4, 0.5) is 4.79 Å². The highest BCUT2D eigenvalue weighted by atomic mass is 16.5. The standard InChI is InChI=1S/C16H25NO3/c1-3-5-11-16(4-2,13-18)17-15(19)20-12-14-9-7-6-8-10-14/h6-10,18H,3-5,11-13H2,1-2H3,(H,17,19)/t16-/m1/s1. The third kappa shape index (κ3) is 5.21. The fraction of sp³-hybridized carbons (Fsp3) is 0.562. The van der Waals surface area contributed by atoms with E-state index in [2.05, 4.69) is 12.2 Å². The number of benzene rings is 1. The second-order valence-corrected chi connectivity index (χ2v) is 5.08. The van der Waals surface area contributed by atoms with Gasteiger partial charge in [0.2, 0.25) is 0 Å². The van der Waals surface area contributed by atoms with Crippen LogP contribution in [-0.4, -0.2) is 23.3 Å². The Labute approximate surface area is 121 Å². The van der Waals surface area contributed by atoms with E-state index in [0.29, 0.717) is 6.42 Å². The summed E-state index contributed by atoms with van der Waals surface area (Å²) in [6.07, 6.45) is 2.97. The summed E-state index contributed by atoms with van der Waals surface area (Å²) in [5, 5.41) is 12.4. The van der Waals surface area contributed by atoms with Gasteiger partial charge in [0.1, 0.15) is 6.61 Å². The number of amides is 1. The normalized spacial score (nSPS) is 13.6. The smallest absolute Gasteiger partial charge is 0.407 e. The van der Waals surface area contributed by atoms with E-state index < -0.39 is 11.6 Å². The Bertz CT molecular complexity index is 388. The molecule has 0 bridgehead atoms. The fourth-order valence-corrected chi connectivity index (χ4v) is 2.05. The highest BCUT2D eigenvalue weighted by molar-refractivity contribution is 5.68. The molecular formula is C16H25NO3. The molecule has 4 nitrogen and oxygen atoms in total. The minimum absolute atomic E-state index is 0.0655. The van der Waals surface area contributed by atoms with E-state index in [9.17, 15) is 9.90 Å². The number of hydrogen-bond acceptors (Lipinski definition) is 3. The van der Waals surface area contributed by atoms with Crippen LogP contribution in [-0.2, 0) is 11.3 Å².